The lowest BCUT2D eigenvalue weighted by Crippen LogP contribution is -2.21. The van der Waals surface area contributed by atoms with E-state index in [0.29, 0.717) is 37.9 Å². The number of halogens is 8. The Morgan fingerprint density at radius 3 is 2.07 bits per heavy atom. The molecule has 44 heavy (non-hydrogen) atoms. The van der Waals surface area contributed by atoms with Gasteiger partial charge in [-0.2, -0.15) is 26.3 Å². The number of nitrogens with one attached hydrogen (secondary N) is 2. The first-order chi connectivity index (χ1) is 20.4. The van der Waals surface area contributed by atoms with Crippen LogP contribution in [-0.2, 0) is 20.8 Å². The molecule has 0 fully saturated rings. The summed E-state index contributed by atoms with van der Waals surface area (Å²) in [6.45, 7) is 1.85. The number of nitrogens with zero attached hydrogens (tertiary/aromatic N) is 3. The third-order valence-corrected chi connectivity index (χ3v) is 7.25. The Balaban J connectivity index is 0.000000317. The largest absolute Gasteiger partial charge is 0.611 e. The average Bonchev–Trinajstić information content (AvgIpc) is 3.31. The molecule has 0 aliphatic carbocycles. The van der Waals surface area contributed by atoms with Crippen LogP contribution in [0.2, 0.25) is 10.0 Å². The Morgan fingerprint density at radius 1 is 0.977 bits per heavy atom. The molecule has 0 saturated heterocycles. The summed E-state index contributed by atoms with van der Waals surface area (Å²) in [6, 6.07) is 9.10. The van der Waals surface area contributed by atoms with E-state index in [4.69, 9.17) is 48.0 Å². The summed E-state index contributed by atoms with van der Waals surface area (Å²) in [6.07, 6.45) is -4.97. The zero-order chi connectivity index (χ0) is 33.0. The normalized spacial score (nSPS) is 12.4. The van der Waals surface area contributed by atoms with Crippen molar-refractivity contribution in [3.8, 4) is 33.9 Å². The number of aromatic nitrogens is 4. The van der Waals surface area contributed by atoms with E-state index in [1.807, 2.05) is 25.1 Å². The minimum Gasteiger partial charge on any atom is -0.611 e. The Morgan fingerprint density at radius 2 is 1.55 bits per heavy atom. The molecule has 4 heterocycles. The molecule has 1 unspecified atom stereocenters. The van der Waals surface area contributed by atoms with Crippen LogP contribution >= 0.6 is 23.2 Å². The molecular weight excluding hydrogens is 667 g/mol. The minimum atomic E-state index is -5.08. The van der Waals surface area contributed by atoms with E-state index in [9.17, 15) is 30.9 Å². The number of carbonyl (C=O) groups is 2. The summed E-state index contributed by atoms with van der Waals surface area (Å²) in [7, 11) is 0. The van der Waals surface area contributed by atoms with Crippen molar-refractivity contribution in [3.05, 3.63) is 59.0 Å². The first-order valence-corrected chi connectivity index (χ1v) is 13.8. The van der Waals surface area contributed by atoms with Crippen molar-refractivity contribution >= 4 is 57.8 Å². The zero-order valence-electron chi connectivity index (χ0n) is 21.7. The van der Waals surface area contributed by atoms with Gasteiger partial charge in [-0.15, -0.1) is 0 Å². The first-order valence-electron chi connectivity index (χ1n) is 11.7. The van der Waals surface area contributed by atoms with Crippen molar-refractivity contribution in [2.45, 2.75) is 24.2 Å². The van der Waals surface area contributed by atoms with Crippen LogP contribution in [0.15, 0.2) is 53.8 Å². The van der Waals surface area contributed by atoms with Crippen LogP contribution in [0.1, 0.15) is 6.92 Å². The number of hydrogen-bond donors (Lipinski definition) is 4. The van der Waals surface area contributed by atoms with Gasteiger partial charge < -0.3 is 25.1 Å². The number of pyridine rings is 2. The smallest absolute Gasteiger partial charge is 0.490 e. The number of aliphatic carboxylic acids is 2. The fourth-order valence-electron chi connectivity index (χ4n) is 3.49. The van der Waals surface area contributed by atoms with Gasteiger partial charge in [-0.25, -0.2) is 19.6 Å². The number of hydrogen-bond acceptors (Lipinski definition) is 7. The van der Waals surface area contributed by atoms with E-state index >= 15 is 0 Å². The number of imidazole rings is 1. The maximum Gasteiger partial charge on any atom is 0.490 e. The molecule has 4 N–H and O–H groups in total. The maximum absolute atomic E-state index is 12.2. The number of fused-ring (bicyclic) bond motifs is 5. The predicted molar refractivity (Wildman–Crippen MR) is 148 cm³/mol. The summed E-state index contributed by atoms with van der Waals surface area (Å²) < 4.78 is 75.7. The fourth-order valence-corrected chi connectivity index (χ4v) is 5.12. The van der Waals surface area contributed by atoms with Crippen LogP contribution in [0.3, 0.4) is 0 Å². The third-order valence-electron chi connectivity index (χ3n) is 5.37. The highest BCUT2D eigenvalue weighted by molar-refractivity contribution is 7.91. The van der Waals surface area contributed by atoms with Gasteiger partial charge in [-0.05, 0) is 36.3 Å². The standard InChI is InChI=1S/C21H15Cl2N5OS.2C2HF3O2/c1-2-30(29)11-8-14(22)17(15(23)9-11)21-27-18-12-5-7-24-10-16(12)26-20-13(19(18)28-21)4-3-6-25-20;2*3-2(4,5)1(6)7/h3-10H,2H2,1H3,(H,25,26)(H,27,28);2*(H,6,7). The molecule has 0 radical (unpaired) electrons. The number of H-pyrrole nitrogens is 1. The van der Waals surface area contributed by atoms with Gasteiger partial charge in [0.25, 0.3) is 0 Å². The number of anilines is 2. The van der Waals surface area contributed by atoms with Gasteiger partial charge in [-0.1, -0.05) is 23.2 Å². The highest BCUT2D eigenvalue weighted by Crippen LogP contribution is 2.44. The number of benzene rings is 1. The molecular formula is C25H17Cl2F6N5O5S. The van der Waals surface area contributed by atoms with Crippen molar-refractivity contribution in [1.29, 1.82) is 0 Å². The molecule has 10 nitrogen and oxygen atoms in total. The number of alkyl halides is 6. The number of carboxylic acids is 2. The molecule has 1 atom stereocenters. The summed E-state index contributed by atoms with van der Waals surface area (Å²) in [5, 5.41) is 18.4. The topological polar surface area (TPSA) is 164 Å². The predicted octanol–water partition coefficient (Wildman–Crippen LogP) is 6.96. The molecule has 0 amide bonds. The van der Waals surface area contributed by atoms with E-state index in [1.54, 1.807) is 30.7 Å². The van der Waals surface area contributed by atoms with Crippen LogP contribution in [0.5, 0.6) is 0 Å². The lowest BCUT2D eigenvalue weighted by Gasteiger charge is -2.11. The van der Waals surface area contributed by atoms with Crippen LogP contribution in [-0.4, -0.2) is 64.7 Å². The molecule has 0 spiro atoms. The first kappa shape index (κ1) is 34.4. The van der Waals surface area contributed by atoms with E-state index in [-0.39, 0.29) is 0 Å². The summed E-state index contributed by atoms with van der Waals surface area (Å²) >= 11 is 12.0. The van der Waals surface area contributed by atoms with Crippen LogP contribution in [0.4, 0.5) is 37.8 Å². The molecule has 1 aliphatic heterocycles. The summed E-state index contributed by atoms with van der Waals surface area (Å²) in [4.78, 5) is 35.3. The molecule has 4 aromatic rings. The van der Waals surface area contributed by atoms with Crippen molar-refractivity contribution in [2.24, 2.45) is 0 Å². The van der Waals surface area contributed by atoms with Crippen molar-refractivity contribution in [2.75, 3.05) is 11.1 Å². The summed E-state index contributed by atoms with van der Waals surface area (Å²) in [5.41, 5.74) is 4.69. The van der Waals surface area contributed by atoms with Crippen molar-refractivity contribution < 1.29 is 50.7 Å². The lowest BCUT2D eigenvalue weighted by atomic mass is 10.1. The second-order valence-electron chi connectivity index (χ2n) is 8.26. The van der Waals surface area contributed by atoms with E-state index in [0.717, 1.165) is 28.2 Å². The Bertz CT molecular complexity index is 1580. The van der Waals surface area contributed by atoms with Crippen LogP contribution < -0.4 is 5.32 Å². The third kappa shape index (κ3) is 8.10. The van der Waals surface area contributed by atoms with E-state index in [2.05, 4.69) is 20.3 Å². The van der Waals surface area contributed by atoms with Gasteiger partial charge in [0, 0.05) is 35.7 Å². The van der Waals surface area contributed by atoms with Crippen LogP contribution in [0, 0.1) is 0 Å². The molecule has 3 aromatic heterocycles. The Hall–Kier alpha value is -4.06. The number of carboxylic acid groups (broad SMARTS) is 2. The van der Waals surface area contributed by atoms with Gasteiger partial charge in [0.15, 0.2) is 4.90 Å². The molecule has 1 aromatic carbocycles. The Labute approximate surface area is 256 Å². The molecule has 234 valence electrons. The van der Waals surface area contributed by atoms with Gasteiger partial charge in [0.05, 0.1) is 33.2 Å². The molecule has 5 rings (SSSR count). The monoisotopic (exact) mass is 683 g/mol. The van der Waals surface area contributed by atoms with Gasteiger partial charge in [0.2, 0.25) is 0 Å². The average molecular weight is 684 g/mol. The highest BCUT2D eigenvalue weighted by Gasteiger charge is 2.39. The number of rotatable bonds is 3. The quantitative estimate of drug-likeness (QED) is 0.116. The maximum atomic E-state index is 12.2. The van der Waals surface area contributed by atoms with Crippen molar-refractivity contribution in [3.63, 3.8) is 0 Å². The van der Waals surface area contributed by atoms with Gasteiger partial charge in [0.1, 0.15) is 23.1 Å². The van der Waals surface area contributed by atoms with E-state index < -0.39 is 35.5 Å². The minimum absolute atomic E-state index is 0.391. The summed E-state index contributed by atoms with van der Waals surface area (Å²) in [5.74, 6) is -3.81. The molecule has 1 aliphatic rings. The molecule has 19 heteroatoms. The zero-order valence-corrected chi connectivity index (χ0v) is 24.0. The molecule has 0 saturated carbocycles. The Kier molecular flexibility index (Phi) is 10.7. The van der Waals surface area contributed by atoms with E-state index in [1.165, 1.54) is 0 Å². The fraction of sp³-hybridized carbons (Fsp3) is 0.160. The SMILES string of the molecule is CC[S+]([O-])c1cc(Cl)c(-c2nc3c([nH]2)-c2ccncc2Nc2ncccc2-3)c(Cl)c1.O=C(O)C(F)(F)F.O=C(O)C(F)(F)F. The molecule has 0 bridgehead atoms. The number of aromatic amines is 1. The lowest BCUT2D eigenvalue weighted by molar-refractivity contribution is -0.193. The van der Waals surface area contributed by atoms with Crippen molar-refractivity contribution in [1.82, 2.24) is 19.9 Å². The second-order valence-corrected chi connectivity index (χ2v) is 10.8. The highest BCUT2D eigenvalue weighted by atomic mass is 35.5. The van der Waals surface area contributed by atoms with Crippen LogP contribution in [0.25, 0.3) is 33.9 Å². The second kappa shape index (κ2) is 13.7. The van der Waals surface area contributed by atoms with Gasteiger partial charge in [-0.3, -0.25) is 4.98 Å². The van der Waals surface area contributed by atoms with Gasteiger partial charge >= 0.3 is 24.3 Å².